The number of phenols is 2. The number of aromatic hydroxyl groups is 2. The maximum atomic E-state index is 11.2. The van der Waals surface area contributed by atoms with Crippen molar-refractivity contribution in [1.29, 1.82) is 0 Å². The molecule has 1 aromatic rings. The lowest BCUT2D eigenvalue weighted by atomic mass is 10.1. The maximum Gasteiger partial charge on any atom is 0.341 e. The summed E-state index contributed by atoms with van der Waals surface area (Å²) in [6, 6.07) is 2.00. The van der Waals surface area contributed by atoms with Gasteiger partial charge in [-0.05, 0) is 6.07 Å². The Morgan fingerprint density at radius 3 is 2.38 bits per heavy atom. The van der Waals surface area contributed by atoms with Gasteiger partial charge < -0.3 is 20.1 Å². The number of aliphatic carboxylic acids is 1. The highest BCUT2D eigenvalue weighted by Crippen LogP contribution is 2.28. The topological polar surface area (TPSA) is 104 Å². The molecule has 0 spiro atoms. The van der Waals surface area contributed by atoms with Crippen LogP contribution >= 0.6 is 0 Å². The lowest BCUT2D eigenvalue weighted by Gasteiger charge is -2.07. The van der Waals surface area contributed by atoms with Crippen LogP contribution in [-0.2, 0) is 16.0 Å². The van der Waals surface area contributed by atoms with E-state index in [9.17, 15) is 19.8 Å². The molecular weight excluding hydrogens is 216 g/mol. The summed E-state index contributed by atoms with van der Waals surface area (Å²) >= 11 is 0. The molecule has 1 rings (SSSR count). The monoisotopic (exact) mass is 226 g/mol. The molecule has 0 amide bonds. The molecule has 16 heavy (non-hydrogen) atoms. The minimum atomic E-state index is -1.16. The summed E-state index contributed by atoms with van der Waals surface area (Å²) in [5.74, 6) is -2.80. The van der Waals surface area contributed by atoms with Crippen LogP contribution in [0.5, 0.6) is 11.5 Å². The molecule has 0 atom stereocenters. The van der Waals surface area contributed by atoms with Crippen LogP contribution in [-0.4, -0.2) is 34.4 Å². The summed E-state index contributed by atoms with van der Waals surface area (Å²) in [6.07, 6.45) is -0.448. The van der Waals surface area contributed by atoms with Gasteiger partial charge in [0, 0.05) is 11.6 Å². The fourth-order valence-electron chi connectivity index (χ4n) is 1.20. The Kier molecular flexibility index (Phi) is 3.34. The lowest BCUT2D eigenvalue weighted by molar-refractivity contribution is -0.136. The number of benzene rings is 1. The van der Waals surface area contributed by atoms with E-state index in [2.05, 4.69) is 4.74 Å². The summed E-state index contributed by atoms with van der Waals surface area (Å²) in [4.78, 5) is 21.6. The van der Waals surface area contributed by atoms with Crippen LogP contribution in [0.2, 0.25) is 0 Å². The van der Waals surface area contributed by atoms with Crippen molar-refractivity contribution in [1.82, 2.24) is 0 Å². The SMILES string of the molecule is COC(=O)c1cc(CC(=O)O)c(O)cc1O. The van der Waals surface area contributed by atoms with Crippen LogP contribution in [0.4, 0.5) is 0 Å². The van der Waals surface area contributed by atoms with Crippen molar-refractivity contribution in [2.45, 2.75) is 6.42 Å². The first-order chi connectivity index (χ1) is 7.45. The molecule has 0 heterocycles. The number of carbonyl (C=O) groups is 2. The van der Waals surface area contributed by atoms with E-state index in [-0.39, 0.29) is 16.9 Å². The van der Waals surface area contributed by atoms with Crippen LogP contribution in [0.15, 0.2) is 12.1 Å². The summed E-state index contributed by atoms with van der Waals surface area (Å²) < 4.78 is 4.39. The van der Waals surface area contributed by atoms with Crippen LogP contribution in [0, 0.1) is 0 Å². The normalized spacial score (nSPS) is 9.81. The molecule has 0 saturated heterocycles. The van der Waals surface area contributed by atoms with E-state index in [1.807, 2.05) is 0 Å². The number of carboxylic acid groups (broad SMARTS) is 1. The third kappa shape index (κ3) is 2.41. The number of carbonyl (C=O) groups excluding carboxylic acids is 1. The molecule has 0 unspecified atom stereocenters. The van der Waals surface area contributed by atoms with Crippen molar-refractivity contribution in [3.05, 3.63) is 23.3 Å². The highest BCUT2D eigenvalue weighted by Gasteiger charge is 2.16. The van der Waals surface area contributed by atoms with E-state index in [4.69, 9.17) is 5.11 Å². The molecule has 0 aliphatic carbocycles. The Balaban J connectivity index is 3.21. The van der Waals surface area contributed by atoms with Gasteiger partial charge in [0.1, 0.15) is 17.1 Å². The van der Waals surface area contributed by atoms with Crippen LogP contribution in [0.25, 0.3) is 0 Å². The maximum absolute atomic E-state index is 11.2. The number of esters is 1. The predicted octanol–water partition coefficient (Wildman–Crippen LogP) is 0.511. The lowest BCUT2D eigenvalue weighted by Crippen LogP contribution is -2.05. The van der Waals surface area contributed by atoms with Gasteiger partial charge in [-0.25, -0.2) is 4.79 Å². The standard InChI is InChI=1S/C10H10O6/c1-16-10(15)6-2-5(3-9(13)14)7(11)4-8(6)12/h2,4,11-12H,3H2,1H3,(H,13,14). The van der Waals surface area contributed by atoms with Crippen molar-refractivity contribution in [2.75, 3.05) is 7.11 Å². The van der Waals surface area contributed by atoms with Gasteiger partial charge in [-0.3, -0.25) is 4.79 Å². The van der Waals surface area contributed by atoms with E-state index in [1.54, 1.807) is 0 Å². The summed E-state index contributed by atoms with van der Waals surface area (Å²) in [7, 11) is 1.13. The molecule has 6 heteroatoms. The Morgan fingerprint density at radius 2 is 1.88 bits per heavy atom. The first-order valence-electron chi connectivity index (χ1n) is 4.30. The molecule has 0 radical (unpaired) electrons. The van der Waals surface area contributed by atoms with Crippen molar-refractivity contribution < 1.29 is 29.6 Å². The molecule has 86 valence electrons. The number of hydrogen-bond donors (Lipinski definition) is 3. The molecule has 1 aromatic carbocycles. The number of rotatable bonds is 3. The van der Waals surface area contributed by atoms with Crippen LogP contribution in [0.3, 0.4) is 0 Å². The quantitative estimate of drug-likeness (QED) is 0.649. The van der Waals surface area contributed by atoms with Gasteiger partial charge in [0.25, 0.3) is 0 Å². The van der Waals surface area contributed by atoms with E-state index in [0.29, 0.717) is 0 Å². The minimum Gasteiger partial charge on any atom is -0.508 e. The number of ether oxygens (including phenoxy) is 1. The summed E-state index contributed by atoms with van der Waals surface area (Å²) in [6.45, 7) is 0. The molecule has 0 aliphatic heterocycles. The molecular formula is C10H10O6. The third-order valence-corrected chi connectivity index (χ3v) is 1.94. The fourth-order valence-corrected chi connectivity index (χ4v) is 1.20. The van der Waals surface area contributed by atoms with E-state index in [1.165, 1.54) is 0 Å². The number of methoxy groups -OCH3 is 1. The second kappa shape index (κ2) is 4.52. The van der Waals surface area contributed by atoms with Crippen molar-refractivity contribution in [2.24, 2.45) is 0 Å². The summed E-state index contributed by atoms with van der Waals surface area (Å²) in [5, 5.41) is 27.2. The second-order valence-electron chi connectivity index (χ2n) is 3.06. The third-order valence-electron chi connectivity index (χ3n) is 1.94. The van der Waals surface area contributed by atoms with E-state index >= 15 is 0 Å². The van der Waals surface area contributed by atoms with Crippen molar-refractivity contribution in [3.63, 3.8) is 0 Å². The number of phenolic OH excluding ortho intramolecular Hbond substituents is 2. The van der Waals surface area contributed by atoms with Gasteiger partial charge >= 0.3 is 11.9 Å². The molecule has 0 fully saturated rings. The molecule has 0 bridgehead atoms. The van der Waals surface area contributed by atoms with Gasteiger partial charge in [-0.1, -0.05) is 0 Å². The Bertz CT molecular complexity index is 437. The number of carboxylic acids is 1. The first kappa shape index (κ1) is 11.8. The smallest absolute Gasteiger partial charge is 0.341 e. The van der Waals surface area contributed by atoms with E-state index < -0.39 is 24.1 Å². The average Bonchev–Trinajstić information content (AvgIpc) is 2.20. The zero-order valence-electron chi connectivity index (χ0n) is 8.43. The fraction of sp³-hybridized carbons (Fsp3) is 0.200. The highest BCUT2D eigenvalue weighted by atomic mass is 16.5. The molecule has 0 saturated carbocycles. The first-order valence-corrected chi connectivity index (χ1v) is 4.30. The molecule has 0 aromatic heterocycles. The molecule has 6 nitrogen and oxygen atoms in total. The molecule has 0 aliphatic rings. The average molecular weight is 226 g/mol. The largest absolute Gasteiger partial charge is 0.508 e. The van der Waals surface area contributed by atoms with Crippen molar-refractivity contribution >= 4 is 11.9 Å². The van der Waals surface area contributed by atoms with Crippen LogP contribution in [0.1, 0.15) is 15.9 Å². The Morgan fingerprint density at radius 1 is 1.25 bits per heavy atom. The van der Waals surface area contributed by atoms with Crippen molar-refractivity contribution in [3.8, 4) is 11.5 Å². The molecule has 3 N–H and O–H groups in total. The number of hydrogen-bond acceptors (Lipinski definition) is 5. The van der Waals surface area contributed by atoms with Gasteiger partial charge in [0.15, 0.2) is 0 Å². The van der Waals surface area contributed by atoms with Gasteiger partial charge in [0.2, 0.25) is 0 Å². The highest BCUT2D eigenvalue weighted by molar-refractivity contribution is 5.93. The van der Waals surface area contributed by atoms with E-state index in [0.717, 1.165) is 19.2 Å². The zero-order valence-corrected chi connectivity index (χ0v) is 8.43. The predicted molar refractivity (Wildman–Crippen MR) is 52.5 cm³/mol. The van der Waals surface area contributed by atoms with Gasteiger partial charge in [0.05, 0.1) is 13.5 Å². The summed E-state index contributed by atoms with van der Waals surface area (Å²) in [5.41, 5.74) is -0.151. The Labute approximate surface area is 90.7 Å². The minimum absolute atomic E-state index is 0.0331. The van der Waals surface area contributed by atoms with Gasteiger partial charge in [-0.2, -0.15) is 0 Å². The van der Waals surface area contributed by atoms with Gasteiger partial charge in [-0.15, -0.1) is 0 Å². The Hall–Kier alpha value is -2.24. The van der Waals surface area contributed by atoms with Crippen LogP contribution < -0.4 is 0 Å². The second-order valence-corrected chi connectivity index (χ2v) is 3.06. The zero-order chi connectivity index (χ0) is 12.3.